The van der Waals surface area contributed by atoms with Crippen molar-refractivity contribution in [2.75, 3.05) is 0 Å². The molecule has 0 atom stereocenters. The van der Waals surface area contributed by atoms with Crippen LogP contribution in [-0.4, -0.2) is 29.9 Å². The van der Waals surface area contributed by atoms with E-state index in [1.165, 1.54) is 20.8 Å². The van der Waals surface area contributed by atoms with Crippen molar-refractivity contribution in [1.29, 1.82) is 0 Å². The Morgan fingerprint density at radius 1 is 0.261 bits per heavy atom. The van der Waals surface area contributed by atoms with E-state index in [-0.39, 0.29) is 38.7 Å². The molecule has 7 rings (SSSR count). The van der Waals surface area contributed by atoms with E-state index >= 15 is 22.0 Å². The molecule has 0 saturated heterocycles. The van der Waals surface area contributed by atoms with Crippen LogP contribution >= 0.6 is 0 Å². The van der Waals surface area contributed by atoms with Crippen LogP contribution in [0.2, 0.25) is 0 Å². The van der Waals surface area contributed by atoms with Crippen LogP contribution in [0.3, 0.4) is 0 Å². The summed E-state index contributed by atoms with van der Waals surface area (Å²) in [4.78, 5) is 25.2. The third-order valence-corrected chi connectivity index (χ3v) is 7.92. The van der Waals surface area contributed by atoms with Gasteiger partial charge in [-0.2, -0.15) is 0 Å². The first kappa shape index (κ1) is 29.4. The Kier molecular flexibility index (Phi) is 6.15. The lowest BCUT2D eigenvalue weighted by atomic mass is 10.00. The normalized spacial score (nSPS) is 12.1. The fourth-order valence-corrected chi connectivity index (χ4v) is 5.23. The molecule has 46 heavy (non-hydrogen) atoms. The third-order valence-electron chi connectivity index (χ3n) is 7.92. The molecule has 0 aliphatic rings. The van der Waals surface area contributed by atoms with Crippen molar-refractivity contribution in [2.45, 2.75) is 27.7 Å². The molecule has 0 amide bonds. The maximum atomic E-state index is 16.0. The van der Waals surface area contributed by atoms with Gasteiger partial charge >= 0.3 is 0 Å². The van der Waals surface area contributed by atoms with Gasteiger partial charge in [0.1, 0.15) is 55.2 Å². The van der Waals surface area contributed by atoms with E-state index in [1.54, 1.807) is 6.92 Å². The Labute approximate surface area is 248 Å². The molecule has 0 unspecified atom stereocenters. The van der Waals surface area contributed by atoms with Crippen LogP contribution in [0, 0.1) is 85.9 Å². The SMILES string of the molecule is Cc1nc2c(nc1C)c1nc3c(F)c(F)c(-c4c(F)c(F)c(F)c(F)c4F)c(F)c3nc1c1nc3c(F)c(C)c(C)c(F)c3nc21. The van der Waals surface area contributed by atoms with Crippen molar-refractivity contribution in [3.8, 4) is 11.1 Å². The minimum atomic E-state index is -2.62. The van der Waals surface area contributed by atoms with Crippen LogP contribution in [0.15, 0.2) is 0 Å². The van der Waals surface area contributed by atoms with E-state index < -0.39 is 96.9 Å². The molecule has 6 nitrogen and oxygen atoms in total. The van der Waals surface area contributed by atoms with Gasteiger partial charge in [-0.3, -0.25) is 0 Å². The van der Waals surface area contributed by atoms with Crippen molar-refractivity contribution in [3.05, 3.63) is 80.7 Å². The van der Waals surface area contributed by atoms with E-state index in [0.717, 1.165) is 0 Å². The predicted octanol–water partition coefficient (Wildman–Crippen LogP) is 8.11. The maximum absolute atomic E-state index is 16.0. The fourth-order valence-electron chi connectivity index (χ4n) is 5.23. The minimum Gasteiger partial charge on any atom is -0.247 e. The van der Waals surface area contributed by atoms with Crippen LogP contribution in [0.25, 0.3) is 66.3 Å². The Bertz CT molecular complexity index is 2560. The van der Waals surface area contributed by atoms with Gasteiger partial charge in [0.15, 0.2) is 52.4 Å². The number of benzene rings is 4. The number of fused-ring (bicyclic) bond motifs is 8. The number of halogens is 10. The molecule has 0 N–H and O–H groups in total. The molecule has 232 valence electrons. The molecule has 3 heterocycles. The highest BCUT2D eigenvalue weighted by molar-refractivity contribution is 6.20. The lowest BCUT2D eigenvalue weighted by molar-refractivity contribution is 0.380. The van der Waals surface area contributed by atoms with Gasteiger partial charge in [-0.15, -0.1) is 0 Å². The number of rotatable bonds is 1. The van der Waals surface area contributed by atoms with E-state index in [0.29, 0.717) is 11.4 Å². The van der Waals surface area contributed by atoms with Gasteiger partial charge in [0.25, 0.3) is 0 Å². The van der Waals surface area contributed by atoms with Gasteiger partial charge in [-0.25, -0.2) is 73.8 Å². The molecule has 0 radical (unpaired) electrons. The monoisotopic (exact) mass is 646 g/mol. The largest absolute Gasteiger partial charge is 0.247 e. The molecule has 0 saturated carbocycles. The molecular formula is C30H12F10N6. The van der Waals surface area contributed by atoms with Gasteiger partial charge in [-0.1, -0.05) is 0 Å². The van der Waals surface area contributed by atoms with Crippen LogP contribution in [0.4, 0.5) is 43.9 Å². The zero-order chi connectivity index (χ0) is 33.3. The maximum Gasteiger partial charge on any atom is 0.200 e. The van der Waals surface area contributed by atoms with E-state index in [4.69, 9.17) is 0 Å². The van der Waals surface area contributed by atoms with Crippen molar-refractivity contribution in [1.82, 2.24) is 29.9 Å². The summed E-state index contributed by atoms with van der Waals surface area (Å²) >= 11 is 0. The molecule has 3 aromatic heterocycles. The fraction of sp³-hybridized carbons (Fsp3) is 0.133. The summed E-state index contributed by atoms with van der Waals surface area (Å²) in [5.41, 5.74) is -8.78. The Balaban J connectivity index is 1.73. The second-order valence-corrected chi connectivity index (χ2v) is 10.5. The zero-order valence-corrected chi connectivity index (χ0v) is 23.5. The molecule has 0 aliphatic carbocycles. The summed E-state index contributed by atoms with van der Waals surface area (Å²) in [7, 11) is 0. The quantitative estimate of drug-likeness (QED) is 0.0590. The molecule has 7 aromatic rings. The lowest BCUT2D eigenvalue weighted by Gasteiger charge is -2.15. The minimum absolute atomic E-state index is 0.0622. The third kappa shape index (κ3) is 3.66. The number of aromatic nitrogens is 6. The van der Waals surface area contributed by atoms with Crippen molar-refractivity contribution in [3.63, 3.8) is 0 Å². The van der Waals surface area contributed by atoms with Gasteiger partial charge in [0.05, 0.1) is 22.5 Å². The molecule has 16 heteroatoms. The zero-order valence-electron chi connectivity index (χ0n) is 23.5. The first-order valence-corrected chi connectivity index (χ1v) is 13.1. The number of hydrogen-bond acceptors (Lipinski definition) is 6. The van der Waals surface area contributed by atoms with Crippen LogP contribution in [-0.2, 0) is 0 Å². The van der Waals surface area contributed by atoms with E-state index in [9.17, 15) is 22.0 Å². The van der Waals surface area contributed by atoms with Crippen molar-refractivity contribution in [2.24, 2.45) is 0 Å². The van der Waals surface area contributed by atoms with E-state index in [2.05, 4.69) is 29.9 Å². The average molecular weight is 646 g/mol. The molecule has 0 spiro atoms. The first-order valence-electron chi connectivity index (χ1n) is 13.1. The summed E-state index contributed by atoms with van der Waals surface area (Å²) in [6.45, 7) is 5.71. The second-order valence-electron chi connectivity index (χ2n) is 10.5. The molecule has 0 bridgehead atoms. The van der Waals surface area contributed by atoms with Gasteiger partial charge in [0, 0.05) is 0 Å². The lowest BCUT2D eigenvalue weighted by Crippen LogP contribution is -2.09. The van der Waals surface area contributed by atoms with E-state index in [1.807, 2.05) is 0 Å². The molecular weight excluding hydrogens is 634 g/mol. The van der Waals surface area contributed by atoms with Crippen LogP contribution in [0.1, 0.15) is 22.5 Å². The summed E-state index contributed by atoms with van der Waals surface area (Å²) in [6, 6.07) is 0. The second kappa shape index (κ2) is 9.61. The number of nitrogens with zero attached hydrogens (tertiary/aromatic N) is 6. The highest BCUT2D eigenvalue weighted by Crippen LogP contribution is 2.40. The molecule has 4 aromatic carbocycles. The highest BCUT2D eigenvalue weighted by Gasteiger charge is 2.34. The Morgan fingerprint density at radius 2 is 0.522 bits per heavy atom. The summed E-state index contributed by atoms with van der Waals surface area (Å²) in [6.07, 6.45) is 0. The highest BCUT2D eigenvalue weighted by atomic mass is 19.2. The smallest absolute Gasteiger partial charge is 0.200 e. The standard InChI is InChI=1S/C30H12F10N6/c1-5-6(2)12(32)22-21(11(5)31)43-27-25-26(42-8(4)7(3)41-25)28-30(29(27)44-22)45-23-16(36)10(15(35)20(40)24(23)46-28)9-13(33)17(37)19(39)18(38)14(9)34/h1-4H3. The summed E-state index contributed by atoms with van der Waals surface area (Å²) < 4.78 is 149. The number of hydrogen-bond donors (Lipinski definition) is 0. The van der Waals surface area contributed by atoms with Gasteiger partial charge in [0.2, 0.25) is 5.82 Å². The average Bonchev–Trinajstić information content (AvgIpc) is 3.04. The van der Waals surface area contributed by atoms with Crippen LogP contribution < -0.4 is 0 Å². The summed E-state index contributed by atoms with van der Waals surface area (Å²) in [5, 5.41) is 0. The van der Waals surface area contributed by atoms with Gasteiger partial charge < -0.3 is 0 Å². The Hall–Kier alpha value is -5.28. The molecule has 0 aliphatic heterocycles. The topological polar surface area (TPSA) is 77.3 Å². The summed E-state index contributed by atoms with van der Waals surface area (Å²) in [5.74, 6) is -21.3. The molecule has 0 fully saturated rings. The number of aryl methyl sites for hydroxylation is 2. The van der Waals surface area contributed by atoms with Gasteiger partial charge in [-0.05, 0) is 38.8 Å². The van der Waals surface area contributed by atoms with Crippen molar-refractivity contribution >= 4 is 55.2 Å². The Morgan fingerprint density at radius 3 is 0.913 bits per heavy atom. The van der Waals surface area contributed by atoms with Crippen LogP contribution in [0.5, 0.6) is 0 Å². The predicted molar refractivity (Wildman–Crippen MR) is 145 cm³/mol. The first-order chi connectivity index (χ1) is 21.6. The van der Waals surface area contributed by atoms with Crippen molar-refractivity contribution < 1.29 is 43.9 Å².